The lowest BCUT2D eigenvalue weighted by molar-refractivity contribution is 0.151. The number of hydrogen-bond acceptors (Lipinski definition) is 3. The molecule has 0 bridgehead atoms. The minimum absolute atomic E-state index is 0.0574. The summed E-state index contributed by atoms with van der Waals surface area (Å²) in [6, 6.07) is 21.8. The summed E-state index contributed by atoms with van der Waals surface area (Å²) in [5, 5.41) is 15.1. The highest BCUT2D eigenvalue weighted by atomic mass is 16.3. The van der Waals surface area contributed by atoms with E-state index in [9.17, 15) is 9.90 Å². The molecular weight excluding hydrogens is 398 g/mol. The van der Waals surface area contributed by atoms with Crippen molar-refractivity contribution in [3.05, 3.63) is 77.9 Å². The molecule has 0 aliphatic heterocycles. The van der Waals surface area contributed by atoms with E-state index in [4.69, 9.17) is 0 Å². The highest BCUT2D eigenvalue weighted by Gasteiger charge is 2.25. The molecule has 3 aromatic carbocycles. The van der Waals surface area contributed by atoms with Crippen LogP contribution >= 0.6 is 0 Å². The van der Waals surface area contributed by atoms with Crippen LogP contribution in [0.3, 0.4) is 0 Å². The number of amides is 2. The molecule has 0 aromatic heterocycles. The Balaban J connectivity index is 1.74. The molecule has 3 rings (SSSR count). The van der Waals surface area contributed by atoms with Gasteiger partial charge in [0.2, 0.25) is 0 Å². The largest absolute Gasteiger partial charge is 0.508 e. The number of hydrogen-bond donors (Lipinski definition) is 2. The predicted octanol–water partition coefficient (Wildman–Crippen LogP) is 5.20. The quantitative estimate of drug-likeness (QED) is 0.513. The van der Waals surface area contributed by atoms with Gasteiger partial charge in [0.05, 0.1) is 6.04 Å². The molecule has 3 aromatic rings. The molecule has 170 valence electrons. The van der Waals surface area contributed by atoms with Crippen molar-refractivity contribution in [1.82, 2.24) is 15.1 Å². The number of fused-ring (bicyclic) bond motifs is 1. The molecule has 0 heterocycles. The van der Waals surface area contributed by atoms with Gasteiger partial charge < -0.3 is 20.2 Å². The number of likely N-dealkylation sites (N-methyl/N-ethyl adjacent to an activating group) is 1. The first-order valence-corrected chi connectivity index (χ1v) is 11.3. The molecule has 2 amide bonds. The summed E-state index contributed by atoms with van der Waals surface area (Å²) in [7, 11) is 4.08. The van der Waals surface area contributed by atoms with Gasteiger partial charge in [0.25, 0.3) is 0 Å². The fourth-order valence-electron chi connectivity index (χ4n) is 4.04. The van der Waals surface area contributed by atoms with Crippen LogP contribution in [0.5, 0.6) is 5.75 Å². The Morgan fingerprint density at radius 3 is 2.25 bits per heavy atom. The van der Waals surface area contributed by atoms with Gasteiger partial charge in [-0.25, -0.2) is 4.79 Å². The molecule has 0 saturated carbocycles. The van der Waals surface area contributed by atoms with E-state index in [1.807, 2.05) is 56.3 Å². The van der Waals surface area contributed by atoms with Crippen LogP contribution in [0.25, 0.3) is 10.8 Å². The number of aromatic hydroxyl groups is 1. The molecule has 0 radical (unpaired) electrons. The Hall–Kier alpha value is -3.05. The lowest BCUT2D eigenvalue weighted by Gasteiger charge is -2.35. The highest BCUT2D eigenvalue weighted by molar-refractivity contribution is 5.86. The van der Waals surface area contributed by atoms with E-state index in [0.29, 0.717) is 6.54 Å². The fraction of sp³-hybridized carbons (Fsp3) is 0.370. The second kappa shape index (κ2) is 10.5. The standard InChI is InChI=1S/C27H35N3O2/c1-19(2)30(18-23(29(4)5)17-21-13-15-24(31)16-14-21)27(32)28-20(3)25-12-8-10-22-9-6-7-11-26(22)25/h6-16,19-20,23,31H,17-18H2,1-5H3,(H,28,32)/t20-,23-/m0/s1. The maximum Gasteiger partial charge on any atom is 0.318 e. The number of urea groups is 1. The van der Waals surface area contributed by atoms with Crippen molar-refractivity contribution in [3.8, 4) is 5.75 Å². The molecule has 0 spiro atoms. The van der Waals surface area contributed by atoms with E-state index in [0.717, 1.165) is 22.9 Å². The van der Waals surface area contributed by atoms with Gasteiger partial charge in [-0.15, -0.1) is 0 Å². The number of phenols is 1. The average Bonchev–Trinajstić information content (AvgIpc) is 2.76. The van der Waals surface area contributed by atoms with Crippen LogP contribution in [0.4, 0.5) is 4.79 Å². The summed E-state index contributed by atoms with van der Waals surface area (Å²) in [5.74, 6) is 0.265. The first-order valence-electron chi connectivity index (χ1n) is 11.3. The normalized spacial score (nSPS) is 13.3. The smallest absolute Gasteiger partial charge is 0.318 e. The van der Waals surface area contributed by atoms with E-state index in [2.05, 4.69) is 48.3 Å². The van der Waals surface area contributed by atoms with Gasteiger partial charge in [-0.05, 0) is 75.3 Å². The van der Waals surface area contributed by atoms with Crippen LogP contribution in [0.2, 0.25) is 0 Å². The van der Waals surface area contributed by atoms with Crippen molar-refractivity contribution >= 4 is 16.8 Å². The summed E-state index contributed by atoms with van der Waals surface area (Å²) in [6.45, 7) is 6.75. The van der Waals surface area contributed by atoms with E-state index >= 15 is 0 Å². The van der Waals surface area contributed by atoms with E-state index in [1.165, 1.54) is 5.39 Å². The third-order valence-electron chi connectivity index (χ3n) is 6.06. The molecule has 5 nitrogen and oxygen atoms in total. The number of rotatable bonds is 8. The highest BCUT2D eigenvalue weighted by Crippen LogP contribution is 2.24. The second-order valence-corrected chi connectivity index (χ2v) is 8.97. The monoisotopic (exact) mass is 433 g/mol. The molecule has 32 heavy (non-hydrogen) atoms. The molecule has 0 saturated heterocycles. The first kappa shape index (κ1) is 23.6. The van der Waals surface area contributed by atoms with Crippen LogP contribution in [0.15, 0.2) is 66.7 Å². The van der Waals surface area contributed by atoms with E-state index in [-0.39, 0.29) is 29.9 Å². The molecular formula is C27H35N3O2. The van der Waals surface area contributed by atoms with Gasteiger partial charge >= 0.3 is 6.03 Å². The minimum atomic E-state index is -0.107. The number of carbonyl (C=O) groups is 1. The number of phenolic OH excluding ortho intramolecular Hbond substituents is 1. The Kier molecular flexibility index (Phi) is 7.75. The van der Waals surface area contributed by atoms with Crippen molar-refractivity contribution in [1.29, 1.82) is 0 Å². The van der Waals surface area contributed by atoms with Gasteiger partial charge in [-0.2, -0.15) is 0 Å². The molecule has 2 N–H and O–H groups in total. The van der Waals surface area contributed by atoms with Gasteiger partial charge in [-0.1, -0.05) is 54.6 Å². The maximum atomic E-state index is 13.3. The molecule has 0 fully saturated rings. The summed E-state index contributed by atoms with van der Waals surface area (Å²) in [5.41, 5.74) is 2.25. The van der Waals surface area contributed by atoms with Crippen LogP contribution < -0.4 is 5.32 Å². The zero-order valence-electron chi connectivity index (χ0n) is 19.7. The van der Waals surface area contributed by atoms with Gasteiger partial charge in [0.1, 0.15) is 5.75 Å². The first-order chi connectivity index (χ1) is 15.3. The average molecular weight is 434 g/mol. The fourth-order valence-corrected chi connectivity index (χ4v) is 4.04. The third kappa shape index (κ3) is 5.80. The summed E-state index contributed by atoms with van der Waals surface area (Å²) >= 11 is 0. The molecule has 0 unspecified atom stereocenters. The number of carbonyl (C=O) groups excluding carboxylic acids is 1. The number of benzene rings is 3. The number of nitrogens with zero attached hydrogens (tertiary/aromatic N) is 2. The minimum Gasteiger partial charge on any atom is -0.508 e. The van der Waals surface area contributed by atoms with E-state index in [1.54, 1.807) is 12.1 Å². The van der Waals surface area contributed by atoms with Crippen LogP contribution in [0, 0.1) is 0 Å². The third-order valence-corrected chi connectivity index (χ3v) is 6.06. The molecule has 0 aliphatic rings. The lowest BCUT2D eigenvalue weighted by atomic mass is 10.00. The summed E-state index contributed by atoms with van der Waals surface area (Å²) in [4.78, 5) is 17.4. The van der Waals surface area contributed by atoms with Crippen molar-refractivity contribution in [2.45, 2.75) is 45.3 Å². The maximum absolute atomic E-state index is 13.3. The Bertz CT molecular complexity index is 1030. The van der Waals surface area contributed by atoms with Crippen LogP contribution in [0.1, 0.15) is 37.9 Å². The summed E-state index contributed by atoms with van der Waals surface area (Å²) in [6.07, 6.45) is 0.794. The Morgan fingerprint density at radius 2 is 1.59 bits per heavy atom. The molecule has 0 aliphatic carbocycles. The molecule has 5 heteroatoms. The SMILES string of the molecule is CC(C)N(C[C@H](Cc1ccc(O)cc1)N(C)C)C(=O)N[C@@H](C)c1cccc2ccccc12. The van der Waals surface area contributed by atoms with Crippen molar-refractivity contribution in [3.63, 3.8) is 0 Å². The van der Waals surface area contributed by atoms with Crippen molar-refractivity contribution in [2.24, 2.45) is 0 Å². The molecule has 2 atom stereocenters. The van der Waals surface area contributed by atoms with Crippen molar-refractivity contribution < 1.29 is 9.90 Å². The van der Waals surface area contributed by atoms with Crippen LogP contribution in [-0.2, 0) is 6.42 Å². The van der Waals surface area contributed by atoms with Crippen molar-refractivity contribution in [2.75, 3.05) is 20.6 Å². The summed E-state index contributed by atoms with van der Waals surface area (Å²) < 4.78 is 0. The zero-order valence-corrected chi connectivity index (χ0v) is 19.7. The topological polar surface area (TPSA) is 55.8 Å². The second-order valence-electron chi connectivity index (χ2n) is 8.97. The van der Waals surface area contributed by atoms with E-state index < -0.39 is 0 Å². The van der Waals surface area contributed by atoms with Gasteiger partial charge in [0.15, 0.2) is 0 Å². The van der Waals surface area contributed by atoms with Gasteiger partial charge in [-0.3, -0.25) is 0 Å². The van der Waals surface area contributed by atoms with Gasteiger partial charge in [0, 0.05) is 18.6 Å². The Labute approximate surface area is 191 Å². The Morgan fingerprint density at radius 1 is 0.938 bits per heavy atom. The number of nitrogens with one attached hydrogen (secondary N) is 1. The predicted molar refractivity (Wildman–Crippen MR) is 132 cm³/mol. The zero-order chi connectivity index (χ0) is 23.3. The van der Waals surface area contributed by atoms with Crippen LogP contribution in [-0.4, -0.2) is 53.7 Å². The lowest BCUT2D eigenvalue weighted by Crippen LogP contribution is -2.51.